The summed E-state index contributed by atoms with van der Waals surface area (Å²) in [5.74, 6) is 1.46. The van der Waals surface area contributed by atoms with Gasteiger partial charge in [0.2, 0.25) is 10.0 Å². The van der Waals surface area contributed by atoms with Gasteiger partial charge >= 0.3 is 0 Å². The maximum atomic E-state index is 13.0. The normalized spacial score (nSPS) is 14.9. The molecule has 1 aromatic carbocycles. The molecule has 0 bridgehead atoms. The Hall–Kier alpha value is -2.23. The molecule has 3 aromatic rings. The lowest BCUT2D eigenvalue weighted by atomic mass is 10.1. The number of ether oxygens (including phenoxy) is 1. The number of nitrogens with zero attached hydrogens (tertiary/aromatic N) is 3. The zero-order valence-corrected chi connectivity index (χ0v) is 16.7. The first-order chi connectivity index (χ1) is 13.0. The maximum Gasteiger partial charge on any atom is 0.243 e. The van der Waals surface area contributed by atoms with E-state index in [0.717, 1.165) is 33.0 Å². The summed E-state index contributed by atoms with van der Waals surface area (Å²) < 4.78 is 32.7. The van der Waals surface area contributed by atoms with Gasteiger partial charge in [-0.25, -0.2) is 18.4 Å². The van der Waals surface area contributed by atoms with Crippen molar-refractivity contribution >= 4 is 37.4 Å². The number of anilines is 1. The minimum atomic E-state index is -3.55. The first kappa shape index (κ1) is 18.1. The van der Waals surface area contributed by atoms with Crippen LogP contribution in [-0.2, 0) is 23.0 Å². The molecule has 0 saturated heterocycles. The summed E-state index contributed by atoms with van der Waals surface area (Å²) in [5.41, 5.74) is 1.16. The lowest BCUT2D eigenvalue weighted by molar-refractivity contribution is 0.396. The first-order valence-electron chi connectivity index (χ1n) is 8.68. The van der Waals surface area contributed by atoms with Crippen molar-refractivity contribution < 1.29 is 13.2 Å². The van der Waals surface area contributed by atoms with Crippen molar-refractivity contribution in [3.8, 4) is 5.75 Å². The summed E-state index contributed by atoms with van der Waals surface area (Å²) in [6.45, 7) is 3.59. The van der Waals surface area contributed by atoms with Gasteiger partial charge in [0.05, 0.1) is 17.4 Å². The predicted molar refractivity (Wildman–Crippen MR) is 106 cm³/mol. The fraction of sp³-hybridized carbons (Fsp3) is 0.333. The van der Waals surface area contributed by atoms with E-state index in [-0.39, 0.29) is 4.90 Å². The number of thiophene rings is 1. The molecule has 1 aliphatic heterocycles. The van der Waals surface area contributed by atoms with E-state index in [9.17, 15) is 8.42 Å². The number of sulfonamides is 1. The Labute approximate surface area is 162 Å². The Balaban J connectivity index is 1.68. The molecule has 142 valence electrons. The molecule has 0 fully saturated rings. The predicted octanol–water partition coefficient (Wildman–Crippen LogP) is 2.88. The summed E-state index contributed by atoms with van der Waals surface area (Å²) in [7, 11) is -2.00. The summed E-state index contributed by atoms with van der Waals surface area (Å²) in [6.07, 6.45) is 2.20. The van der Waals surface area contributed by atoms with E-state index in [4.69, 9.17) is 4.74 Å². The Morgan fingerprint density at radius 3 is 2.74 bits per heavy atom. The van der Waals surface area contributed by atoms with Crippen LogP contribution >= 0.6 is 11.3 Å². The summed E-state index contributed by atoms with van der Waals surface area (Å²) >= 11 is 1.54. The summed E-state index contributed by atoms with van der Waals surface area (Å²) in [5, 5.41) is 4.31. The zero-order valence-electron chi connectivity index (χ0n) is 15.1. The highest BCUT2D eigenvalue weighted by molar-refractivity contribution is 7.89. The maximum absolute atomic E-state index is 13.0. The molecule has 1 aliphatic rings. The molecule has 0 atom stereocenters. The molecule has 0 spiro atoms. The second-order valence-corrected chi connectivity index (χ2v) is 9.22. The Morgan fingerprint density at radius 1 is 1.26 bits per heavy atom. The molecule has 3 heterocycles. The van der Waals surface area contributed by atoms with Gasteiger partial charge in [0.1, 0.15) is 22.7 Å². The van der Waals surface area contributed by atoms with Crippen LogP contribution < -0.4 is 10.1 Å². The third-order valence-corrected chi connectivity index (χ3v) is 7.63. The largest absolute Gasteiger partial charge is 0.497 e. The van der Waals surface area contributed by atoms with E-state index in [1.54, 1.807) is 49.0 Å². The highest BCUT2D eigenvalue weighted by Gasteiger charge is 2.31. The zero-order chi connectivity index (χ0) is 19.0. The average Bonchev–Trinajstić information content (AvgIpc) is 3.07. The smallest absolute Gasteiger partial charge is 0.243 e. The minimum absolute atomic E-state index is 0.279. The summed E-state index contributed by atoms with van der Waals surface area (Å²) in [4.78, 5) is 10.9. The quantitative estimate of drug-likeness (QED) is 0.704. The van der Waals surface area contributed by atoms with E-state index in [2.05, 4.69) is 15.3 Å². The third-order valence-electron chi connectivity index (χ3n) is 4.64. The summed E-state index contributed by atoms with van der Waals surface area (Å²) in [6, 6.07) is 6.51. The Morgan fingerprint density at radius 2 is 2.04 bits per heavy atom. The molecule has 0 radical (unpaired) electrons. The van der Waals surface area contributed by atoms with Crippen LogP contribution in [0.1, 0.15) is 17.4 Å². The van der Waals surface area contributed by atoms with Crippen LogP contribution in [0.15, 0.2) is 35.5 Å². The molecule has 1 N–H and O–H groups in total. The number of benzene rings is 1. The third kappa shape index (κ3) is 3.15. The molecule has 0 aliphatic carbocycles. The van der Waals surface area contributed by atoms with E-state index in [0.29, 0.717) is 25.3 Å². The fourth-order valence-electron chi connectivity index (χ4n) is 3.31. The molecule has 0 unspecified atom stereocenters. The number of hydrogen-bond acceptors (Lipinski definition) is 7. The Bertz CT molecular complexity index is 1080. The molecule has 0 amide bonds. The van der Waals surface area contributed by atoms with Gasteiger partial charge in [-0.05, 0) is 43.2 Å². The van der Waals surface area contributed by atoms with E-state index >= 15 is 0 Å². The highest BCUT2D eigenvalue weighted by Crippen LogP contribution is 2.38. The number of hydrogen-bond donors (Lipinski definition) is 1. The molecule has 0 saturated carbocycles. The molecule has 4 rings (SSSR count). The van der Waals surface area contributed by atoms with Gasteiger partial charge in [0.15, 0.2) is 0 Å². The van der Waals surface area contributed by atoms with Crippen molar-refractivity contribution in [1.82, 2.24) is 14.3 Å². The van der Waals surface area contributed by atoms with Crippen LogP contribution in [0, 0.1) is 0 Å². The second kappa shape index (κ2) is 7.06. The van der Waals surface area contributed by atoms with Crippen molar-refractivity contribution in [2.45, 2.75) is 24.8 Å². The SMILES string of the molecule is CCNc1ncnc2sc3c(c12)CCN(S(=O)(=O)c1ccc(OC)cc1)C3. The van der Waals surface area contributed by atoms with Crippen LogP contribution in [0.25, 0.3) is 10.2 Å². The molecule has 7 nitrogen and oxygen atoms in total. The van der Waals surface area contributed by atoms with Gasteiger partial charge in [0, 0.05) is 24.5 Å². The van der Waals surface area contributed by atoms with Crippen LogP contribution in [-0.4, -0.2) is 42.9 Å². The van der Waals surface area contributed by atoms with Crippen molar-refractivity contribution in [1.29, 1.82) is 0 Å². The van der Waals surface area contributed by atoms with Crippen molar-refractivity contribution in [3.63, 3.8) is 0 Å². The van der Waals surface area contributed by atoms with E-state index < -0.39 is 10.0 Å². The van der Waals surface area contributed by atoms with Gasteiger partial charge in [-0.15, -0.1) is 11.3 Å². The number of nitrogens with one attached hydrogen (secondary N) is 1. The number of methoxy groups -OCH3 is 1. The second-order valence-electron chi connectivity index (χ2n) is 6.20. The van der Waals surface area contributed by atoms with Gasteiger partial charge in [-0.2, -0.15) is 4.31 Å². The lowest BCUT2D eigenvalue weighted by Gasteiger charge is -2.26. The van der Waals surface area contributed by atoms with Gasteiger partial charge in [-0.3, -0.25) is 0 Å². The van der Waals surface area contributed by atoms with Gasteiger partial charge in [-0.1, -0.05) is 0 Å². The molecule has 9 heteroatoms. The van der Waals surface area contributed by atoms with Crippen LogP contribution in [0.3, 0.4) is 0 Å². The van der Waals surface area contributed by atoms with Crippen LogP contribution in [0.2, 0.25) is 0 Å². The number of rotatable bonds is 5. The molecule has 27 heavy (non-hydrogen) atoms. The van der Waals surface area contributed by atoms with Crippen molar-refractivity contribution in [2.75, 3.05) is 25.5 Å². The first-order valence-corrected chi connectivity index (χ1v) is 10.9. The van der Waals surface area contributed by atoms with E-state index in [1.807, 2.05) is 6.92 Å². The molecular weight excluding hydrogens is 384 g/mol. The minimum Gasteiger partial charge on any atom is -0.497 e. The number of fused-ring (bicyclic) bond motifs is 3. The molecule has 2 aromatic heterocycles. The molecular formula is C18H20N4O3S2. The monoisotopic (exact) mass is 404 g/mol. The Kier molecular flexibility index (Phi) is 4.75. The van der Waals surface area contributed by atoms with Gasteiger partial charge in [0.25, 0.3) is 0 Å². The van der Waals surface area contributed by atoms with Crippen LogP contribution in [0.5, 0.6) is 5.75 Å². The van der Waals surface area contributed by atoms with E-state index in [1.165, 1.54) is 4.31 Å². The van der Waals surface area contributed by atoms with Crippen molar-refractivity contribution in [3.05, 3.63) is 41.0 Å². The standard InChI is InChI=1S/C18H20N4O3S2/c1-3-19-17-16-14-8-9-22(10-15(14)26-18(16)21-11-20-17)27(23,24)13-6-4-12(25-2)5-7-13/h4-7,11H,3,8-10H2,1-2H3,(H,19,20,21). The highest BCUT2D eigenvalue weighted by atomic mass is 32.2. The average molecular weight is 405 g/mol. The number of aromatic nitrogens is 2. The fourth-order valence-corrected chi connectivity index (χ4v) is 6.00. The van der Waals surface area contributed by atoms with Crippen LogP contribution in [0.4, 0.5) is 5.82 Å². The van der Waals surface area contributed by atoms with Gasteiger partial charge < -0.3 is 10.1 Å². The lowest BCUT2D eigenvalue weighted by Crippen LogP contribution is -2.35. The van der Waals surface area contributed by atoms with Crippen molar-refractivity contribution in [2.24, 2.45) is 0 Å². The topological polar surface area (TPSA) is 84.4 Å².